The lowest BCUT2D eigenvalue weighted by molar-refractivity contribution is 0.419. The number of ether oxygens (including phenoxy) is 1. The van der Waals surface area contributed by atoms with Gasteiger partial charge in [-0.25, -0.2) is 19.5 Å². The molecular weight excluding hydrogens is 432 g/mol. The summed E-state index contributed by atoms with van der Waals surface area (Å²) < 4.78 is 14.8. The summed E-state index contributed by atoms with van der Waals surface area (Å²) in [6.07, 6.45) is 5.19. The smallest absolute Gasteiger partial charge is 0.285 e. The average Bonchev–Trinajstić information content (AvgIpc) is 3.58. The lowest BCUT2D eigenvalue weighted by Gasteiger charge is -2.08. The number of H-pyrrole nitrogens is 1. The molecule has 0 unspecified atom stereocenters. The minimum absolute atomic E-state index is 0.190. The summed E-state index contributed by atoms with van der Waals surface area (Å²) in [5.41, 5.74) is 4.81. The fourth-order valence-corrected chi connectivity index (χ4v) is 4.26. The van der Waals surface area contributed by atoms with Crippen LogP contribution < -0.4 is 10.3 Å². The number of hydrogen-bond acceptors (Lipinski definition) is 6. The van der Waals surface area contributed by atoms with Crippen LogP contribution in [0.15, 0.2) is 76.5 Å². The molecule has 0 saturated carbocycles. The van der Waals surface area contributed by atoms with Gasteiger partial charge in [0.1, 0.15) is 11.3 Å². The second-order valence-electron chi connectivity index (χ2n) is 7.94. The summed E-state index contributed by atoms with van der Waals surface area (Å²) >= 11 is 0. The average molecular weight is 452 g/mol. The van der Waals surface area contributed by atoms with Crippen molar-refractivity contribution >= 4 is 16.7 Å². The van der Waals surface area contributed by atoms with Crippen LogP contribution in [0.4, 0.5) is 0 Å². The molecule has 0 fully saturated rings. The van der Waals surface area contributed by atoms with Crippen molar-refractivity contribution in [2.75, 3.05) is 7.11 Å². The van der Waals surface area contributed by atoms with E-state index in [4.69, 9.17) is 14.1 Å². The number of oxazole rings is 1. The van der Waals surface area contributed by atoms with Gasteiger partial charge in [-0.2, -0.15) is 0 Å². The third-order valence-corrected chi connectivity index (χ3v) is 5.81. The fourth-order valence-electron chi connectivity index (χ4n) is 4.26. The number of nitrogens with one attached hydrogen (secondary N) is 1. The van der Waals surface area contributed by atoms with E-state index in [1.807, 2.05) is 54.1 Å². The van der Waals surface area contributed by atoms with Gasteiger partial charge in [-0.3, -0.25) is 9.89 Å². The van der Waals surface area contributed by atoms with Crippen molar-refractivity contribution in [3.05, 3.63) is 89.0 Å². The number of methoxy groups -OCH3 is 1. The monoisotopic (exact) mass is 452 g/mol. The summed E-state index contributed by atoms with van der Waals surface area (Å²) in [4.78, 5) is 27.5. The van der Waals surface area contributed by atoms with E-state index in [0.717, 1.165) is 16.8 Å². The molecule has 4 heterocycles. The molecule has 0 aliphatic carbocycles. The first-order chi connectivity index (χ1) is 16.6. The van der Waals surface area contributed by atoms with Crippen LogP contribution in [0.3, 0.4) is 0 Å². The highest BCUT2D eigenvalue weighted by Crippen LogP contribution is 2.32. The molecule has 34 heavy (non-hydrogen) atoms. The first-order valence-electron chi connectivity index (χ1n) is 10.7. The molecule has 6 aromatic rings. The number of rotatable bonds is 5. The Morgan fingerprint density at radius 1 is 1.06 bits per heavy atom. The Bertz CT molecular complexity index is 1690. The molecule has 0 bridgehead atoms. The van der Waals surface area contributed by atoms with Crippen LogP contribution >= 0.6 is 0 Å². The molecule has 0 radical (unpaired) electrons. The number of nitrogens with zero attached hydrogens (tertiary/aromatic N) is 5. The van der Waals surface area contributed by atoms with E-state index in [1.165, 1.54) is 4.52 Å². The van der Waals surface area contributed by atoms with E-state index in [1.54, 1.807) is 31.8 Å². The Morgan fingerprint density at radius 2 is 1.91 bits per heavy atom. The Morgan fingerprint density at radius 3 is 2.68 bits per heavy atom. The van der Waals surface area contributed by atoms with Crippen molar-refractivity contribution in [3.63, 3.8) is 0 Å². The van der Waals surface area contributed by atoms with Gasteiger partial charge in [-0.1, -0.05) is 36.4 Å². The van der Waals surface area contributed by atoms with Crippen molar-refractivity contribution in [2.24, 2.45) is 0 Å². The van der Waals surface area contributed by atoms with E-state index in [0.29, 0.717) is 34.7 Å². The number of imidazole rings is 1. The molecule has 9 heteroatoms. The van der Waals surface area contributed by atoms with Gasteiger partial charge in [-0.05, 0) is 24.6 Å². The molecule has 1 N–H and O–H groups in total. The van der Waals surface area contributed by atoms with Crippen LogP contribution in [0.1, 0.15) is 11.4 Å². The summed E-state index contributed by atoms with van der Waals surface area (Å²) in [6, 6.07) is 15.3. The Balaban J connectivity index is 1.65. The standard InChI is InChI=1S/C25H20N6O3/c1-15-20(16-7-4-3-5-8-16)23-27-17(13-30-12-11-26-14-30)21(25(32)31(23)29-15)24-28-22-18(33-2)9-6-10-19(22)34-24/h3-12,14,29H,13H2,1-2H3. The van der Waals surface area contributed by atoms with Crippen LogP contribution in [0.5, 0.6) is 5.75 Å². The second-order valence-corrected chi connectivity index (χ2v) is 7.94. The molecule has 0 atom stereocenters. The van der Waals surface area contributed by atoms with E-state index in [2.05, 4.69) is 15.1 Å². The minimum Gasteiger partial charge on any atom is -0.494 e. The Labute approximate surface area is 193 Å². The van der Waals surface area contributed by atoms with E-state index >= 15 is 0 Å². The van der Waals surface area contributed by atoms with Crippen molar-refractivity contribution in [1.29, 1.82) is 0 Å². The highest BCUT2D eigenvalue weighted by atomic mass is 16.5. The second kappa shape index (κ2) is 7.73. The number of benzene rings is 2. The van der Waals surface area contributed by atoms with Crippen molar-refractivity contribution in [2.45, 2.75) is 13.5 Å². The van der Waals surface area contributed by atoms with E-state index in [9.17, 15) is 4.79 Å². The number of fused-ring (bicyclic) bond motifs is 2. The molecule has 0 aliphatic heterocycles. The van der Waals surface area contributed by atoms with Gasteiger partial charge in [-0.15, -0.1) is 0 Å². The molecule has 0 amide bonds. The largest absolute Gasteiger partial charge is 0.494 e. The summed E-state index contributed by atoms with van der Waals surface area (Å²) in [6.45, 7) is 2.26. The first-order valence-corrected chi connectivity index (χ1v) is 10.7. The number of aromatic nitrogens is 6. The highest BCUT2D eigenvalue weighted by molar-refractivity contribution is 5.83. The van der Waals surface area contributed by atoms with Crippen LogP contribution in [0.2, 0.25) is 0 Å². The molecule has 9 nitrogen and oxygen atoms in total. The van der Waals surface area contributed by atoms with E-state index in [-0.39, 0.29) is 17.0 Å². The number of aromatic amines is 1. The lowest BCUT2D eigenvalue weighted by atomic mass is 10.1. The number of aryl methyl sites for hydroxylation is 1. The van der Waals surface area contributed by atoms with Gasteiger partial charge in [0.2, 0.25) is 5.89 Å². The van der Waals surface area contributed by atoms with Crippen molar-refractivity contribution < 1.29 is 9.15 Å². The zero-order chi connectivity index (χ0) is 23.2. The maximum Gasteiger partial charge on any atom is 0.285 e. The summed E-state index contributed by atoms with van der Waals surface area (Å²) in [7, 11) is 1.57. The Kier molecular flexibility index (Phi) is 4.54. The summed E-state index contributed by atoms with van der Waals surface area (Å²) in [5.74, 6) is 0.759. The Hall–Kier alpha value is -4.66. The van der Waals surface area contributed by atoms with Gasteiger partial charge in [0.15, 0.2) is 16.7 Å². The predicted molar refractivity (Wildman–Crippen MR) is 127 cm³/mol. The SMILES string of the molecule is COc1cccc2oc(-c3c(Cn4ccnc4)nc4c(-c5ccccc5)c(C)[nH]n4c3=O)nc12. The van der Waals surface area contributed by atoms with Gasteiger partial charge < -0.3 is 13.7 Å². The van der Waals surface area contributed by atoms with Crippen LogP contribution in [0.25, 0.3) is 39.3 Å². The zero-order valence-electron chi connectivity index (χ0n) is 18.5. The zero-order valence-corrected chi connectivity index (χ0v) is 18.5. The highest BCUT2D eigenvalue weighted by Gasteiger charge is 2.24. The topological polar surface area (TPSA) is 103 Å². The predicted octanol–water partition coefficient (Wildman–Crippen LogP) is 4.06. The minimum atomic E-state index is -0.295. The van der Waals surface area contributed by atoms with Gasteiger partial charge in [0.05, 0.1) is 25.7 Å². The molecular formula is C25H20N6O3. The van der Waals surface area contributed by atoms with Gasteiger partial charge in [0.25, 0.3) is 5.56 Å². The fraction of sp³-hybridized carbons (Fsp3) is 0.120. The van der Waals surface area contributed by atoms with Crippen molar-refractivity contribution in [1.82, 2.24) is 29.1 Å². The molecule has 4 aromatic heterocycles. The molecule has 2 aromatic carbocycles. The maximum absolute atomic E-state index is 13.8. The van der Waals surface area contributed by atoms with Crippen LogP contribution in [0, 0.1) is 6.92 Å². The van der Waals surface area contributed by atoms with Gasteiger partial charge >= 0.3 is 0 Å². The molecule has 0 saturated heterocycles. The first kappa shape index (κ1) is 20.0. The molecule has 168 valence electrons. The molecule has 0 spiro atoms. The normalized spacial score (nSPS) is 11.5. The number of hydrogen-bond donors (Lipinski definition) is 1. The van der Waals surface area contributed by atoms with Gasteiger partial charge in [0, 0.05) is 23.7 Å². The van der Waals surface area contributed by atoms with Crippen molar-refractivity contribution in [3.8, 4) is 28.3 Å². The maximum atomic E-state index is 13.8. The third-order valence-electron chi connectivity index (χ3n) is 5.81. The molecule has 6 rings (SSSR count). The van der Waals surface area contributed by atoms with E-state index < -0.39 is 0 Å². The van der Waals surface area contributed by atoms with Crippen LogP contribution in [-0.4, -0.2) is 36.2 Å². The summed E-state index contributed by atoms with van der Waals surface area (Å²) in [5, 5.41) is 3.17. The number of para-hydroxylation sites is 1. The quantitative estimate of drug-likeness (QED) is 0.423. The third kappa shape index (κ3) is 3.09. The lowest BCUT2D eigenvalue weighted by Crippen LogP contribution is -2.21. The van der Waals surface area contributed by atoms with Crippen LogP contribution in [-0.2, 0) is 6.54 Å². The molecule has 0 aliphatic rings.